The minimum atomic E-state index is -0.446. The molecular weight excluding hydrogens is 266 g/mol. The van der Waals surface area contributed by atoms with Crippen LogP contribution in [0, 0.1) is 12.8 Å². The third-order valence-corrected chi connectivity index (χ3v) is 4.23. The number of rotatable bonds is 5. The van der Waals surface area contributed by atoms with Gasteiger partial charge in [-0.2, -0.15) is 0 Å². The lowest BCUT2D eigenvalue weighted by Crippen LogP contribution is -2.41. The van der Waals surface area contributed by atoms with Crippen LogP contribution in [0.4, 0.5) is 0 Å². The Balaban J connectivity index is 2.01. The number of carbonyl (C=O) groups is 1. The first-order valence-electron chi connectivity index (χ1n) is 7.72. The van der Waals surface area contributed by atoms with Gasteiger partial charge in [-0.05, 0) is 38.3 Å². The van der Waals surface area contributed by atoms with Crippen LogP contribution in [0.25, 0.3) is 0 Å². The van der Waals surface area contributed by atoms with Gasteiger partial charge in [0.1, 0.15) is 5.75 Å². The summed E-state index contributed by atoms with van der Waals surface area (Å²) in [4.78, 5) is 14.4. The lowest BCUT2D eigenvalue weighted by Gasteiger charge is -2.24. The van der Waals surface area contributed by atoms with Gasteiger partial charge >= 0.3 is 0 Å². The van der Waals surface area contributed by atoms with Gasteiger partial charge in [0.25, 0.3) is 5.91 Å². The van der Waals surface area contributed by atoms with Gasteiger partial charge in [-0.1, -0.05) is 25.1 Å². The second-order valence-corrected chi connectivity index (χ2v) is 5.85. The van der Waals surface area contributed by atoms with Gasteiger partial charge in [-0.25, -0.2) is 0 Å². The Bertz CT molecular complexity index is 487. The molecule has 1 saturated heterocycles. The molecule has 1 amide bonds. The molecule has 1 aliphatic rings. The predicted molar refractivity (Wildman–Crippen MR) is 82.3 cm³/mol. The fourth-order valence-electron chi connectivity index (χ4n) is 2.74. The average molecular weight is 291 g/mol. The number of likely N-dealkylation sites (tertiary alicyclic amines) is 1. The van der Waals surface area contributed by atoms with Crippen LogP contribution in [-0.4, -0.2) is 41.2 Å². The van der Waals surface area contributed by atoms with Gasteiger partial charge in [0.15, 0.2) is 6.10 Å². The van der Waals surface area contributed by atoms with E-state index in [-0.39, 0.29) is 17.9 Å². The standard InChI is InChI=1S/C17H25NO3/c1-4-15(21-16-8-6-5-7-12(16)2)17(20)18-10-9-14(11-18)13(3)19/h5-8,13-15,19H,4,9-11H2,1-3H3. The fourth-order valence-corrected chi connectivity index (χ4v) is 2.74. The minimum absolute atomic E-state index is 0.0314. The van der Waals surface area contributed by atoms with Crippen LogP contribution < -0.4 is 4.74 Å². The van der Waals surface area contributed by atoms with Crippen molar-refractivity contribution >= 4 is 5.91 Å². The molecule has 1 aromatic rings. The Kier molecular flexibility index (Phi) is 5.23. The van der Waals surface area contributed by atoms with E-state index in [1.165, 1.54) is 0 Å². The summed E-state index contributed by atoms with van der Waals surface area (Å²) in [5.74, 6) is 0.984. The summed E-state index contributed by atoms with van der Waals surface area (Å²) in [5.41, 5.74) is 1.03. The van der Waals surface area contributed by atoms with Crippen molar-refractivity contribution < 1.29 is 14.6 Å². The molecular formula is C17H25NO3. The smallest absolute Gasteiger partial charge is 0.263 e. The summed E-state index contributed by atoms with van der Waals surface area (Å²) < 4.78 is 5.91. The molecule has 0 bridgehead atoms. The summed E-state index contributed by atoms with van der Waals surface area (Å²) in [6.07, 6.45) is 0.701. The molecule has 21 heavy (non-hydrogen) atoms. The van der Waals surface area contributed by atoms with E-state index >= 15 is 0 Å². The molecule has 0 saturated carbocycles. The molecule has 0 aromatic heterocycles. The maximum absolute atomic E-state index is 12.6. The number of aryl methyl sites for hydroxylation is 1. The first-order valence-corrected chi connectivity index (χ1v) is 7.72. The largest absolute Gasteiger partial charge is 0.480 e. The van der Waals surface area contributed by atoms with Crippen LogP contribution in [-0.2, 0) is 4.79 Å². The zero-order valence-electron chi connectivity index (χ0n) is 13.1. The summed E-state index contributed by atoms with van der Waals surface area (Å²) in [7, 11) is 0. The highest BCUT2D eigenvalue weighted by atomic mass is 16.5. The van der Waals surface area contributed by atoms with Gasteiger partial charge in [-0.15, -0.1) is 0 Å². The Morgan fingerprint density at radius 2 is 2.19 bits per heavy atom. The van der Waals surface area contributed by atoms with Crippen LogP contribution >= 0.6 is 0 Å². The molecule has 3 atom stereocenters. The number of aliphatic hydroxyl groups is 1. The molecule has 0 spiro atoms. The first-order chi connectivity index (χ1) is 10.0. The number of hydrogen-bond donors (Lipinski definition) is 1. The fraction of sp³-hybridized carbons (Fsp3) is 0.588. The molecule has 0 radical (unpaired) electrons. The van der Waals surface area contributed by atoms with Gasteiger partial charge in [0.05, 0.1) is 6.10 Å². The highest BCUT2D eigenvalue weighted by Crippen LogP contribution is 2.23. The molecule has 1 aliphatic heterocycles. The van der Waals surface area contributed by atoms with Crippen LogP contribution in [0.3, 0.4) is 0 Å². The second kappa shape index (κ2) is 6.94. The highest BCUT2D eigenvalue weighted by molar-refractivity contribution is 5.81. The van der Waals surface area contributed by atoms with Crippen molar-refractivity contribution in [3.63, 3.8) is 0 Å². The van der Waals surface area contributed by atoms with E-state index in [1.807, 2.05) is 43.0 Å². The molecule has 0 aliphatic carbocycles. The van der Waals surface area contributed by atoms with E-state index in [2.05, 4.69) is 0 Å². The van der Waals surface area contributed by atoms with Crippen molar-refractivity contribution in [3.05, 3.63) is 29.8 Å². The molecule has 4 nitrogen and oxygen atoms in total. The third kappa shape index (κ3) is 3.76. The van der Waals surface area contributed by atoms with Gasteiger partial charge in [-0.3, -0.25) is 4.79 Å². The summed E-state index contributed by atoms with van der Waals surface area (Å²) >= 11 is 0. The van der Waals surface area contributed by atoms with Crippen LogP contribution in [0.5, 0.6) is 5.75 Å². The number of amides is 1. The number of para-hydroxylation sites is 1. The van der Waals surface area contributed by atoms with Crippen molar-refractivity contribution in [1.29, 1.82) is 0 Å². The Morgan fingerprint density at radius 1 is 1.48 bits per heavy atom. The Hall–Kier alpha value is -1.55. The van der Waals surface area contributed by atoms with E-state index in [0.29, 0.717) is 19.5 Å². The quantitative estimate of drug-likeness (QED) is 0.906. The summed E-state index contributed by atoms with van der Waals surface area (Å²) in [6, 6.07) is 7.75. The zero-order chi connectivity index (χ0) is 15.4. The Morgan fingerprint density at radius 3 is 2.76 bits per heavy atom. The molecule has 1 N–H and O–H groups in total. The van der Waals surface area contributed by atoms with E-state index in [9.17, 15) is 9.90 Å². The molecule has 1 fully saturated rings. The molecule has 1 heterocycles. The average Bonchev–Trinajstić information content (AvgIpc) is 2.96. The van der Waals surface area contributed by atoms with E-state index in [1.54, 1.807) is 6.92 Å². The monoisotopic (exact) mass is 291 g/mol. The van der Waals surface area contributed by atoms with Crippen molar-refractivity contribution in [2.75, 3.05) is 13.1 Å². The van der Waals surface area contributed by atoms with Gasteiger partial charge in [0, 0.05) is 19.0 Å². The van der Waals surface area contributed by atoms with Gasteiger partial charge in [0.2, 0.25) is 0 Å². The summed E-state index contributed by atoms with van der Waals surface area (Å²) in [6.45, 7) is 7.07. The van der Waals surface area contributed by atoms with Crippen LogP contribution in [0.15, 0.2) is 24.3 Å². The van der Waals surface area contributed by atoms with Crippen LogP contribution in [0.1, 0.15) is 32.3 Å². The highest BCUT2D eigenvalue weighted by Gasteiger charge is 2.33. The number of aliphatic hydroxyl groups excluding tert-OH is 1. The lowest BCUT2D eigenvalue weighted by molar-refractivity contribution is -0.138. The molecule has 4 heteroatoms. The SMILES string of the molecule is CCC(Oc1ccccc1C)C(=O)N1CCC(C(C)O)C1. The molecule has 2 rings (SSSR count). The molecule has 116 valence electrons. The van der Waals surface area contributed by atoms with E-state index in [0.717, 1.165) is 17.7 Å². The van der Waals surface area contributed by atoms with Crippen LogP contribution in [0.2, 0.25) is 0 Å². The topological polar surface area (TPSA) is 49.8 Å². The number of hydrogen-bond acceptors (Lipinski definition) is 3. The van der Waals surface area contributed by atoms with Crippen molar-refractivity contribution in [1.82, 2.24) is 4.90 Å². The first kappa shape index (κ1) is 15.8. The maximum Gasteiger partial charge on any atom is 0.263 e. The molecule has 3 unspecified atom stereocenters. The second-order valence-electron chi connectivity index (χ2n) is 5.85. The van der Waals surface area contributed by atoms with Gasteiger partial charge < -0.3 is 14.7 Å². The summed E-state index contributed by atoms with van der Waals surface area (Å²) in [5, 5.41) is 9.65. The number of benzene rings is 1. The number of ether oxygens (including phenoxy) is 1. The lowest BCUT2D eigenvalue weighted by atomic mass is 10.0. The minimum Gasteiger partial charge on any atom is -0.480 e. The normalized spacial score (nSPS) is 21.1. The number of carbonyl (C=O) groups excluding carboxylic acids is 1. The maximum atomic E-state index is 12.6. The molecule has 1 aromatic carbocycles. The van der Waals surface area contributed by atoms with Crippen molar-refractivity contribution in [2.45, 2.75) is 45.8 Å². The van der Waals surface area contributed by atoms with Crippen molar-refractivity contribution in [3.8, 4) is 5.75 Å². The number of nitrogens with zero attached hydrogens (tertiary/aromatic N) is 1. The van der Waals surface area contributed by atoms with E-state index in [4.69, 9.17) is 4.74 Å². The third-order valence-electron chi connectivity index (χ3n) is 4.23. The predicted octanol–water partition coefficient (Wildman–Crippen LogP) is 2.38. The van der Waals surface area contributed by atoms with E-state index < -0.39 is 6.10 Å². The van der Waals surface area contributed by atoms with Crippen molar-refractivity contribution in [2.24, 2.45) is 5.92 Å². The zero-order valence-corrected chi connectivity index (χ0v) is 13.1. The Labute approximate surface area is 126 Å².